The second-order valence-corrected chi connectivity index (χ2v) is 9.56. The highest BCUT2D eigenvalue weighted by Gasteiger charge is 2.23. The molecule has 2 aromatic carbocycles. The van der Waals surface area contributed by atoms with Crippen molar-refractivity contribution in [1.29, 1.82) is 0 Å². The number of amides is 3. The Morgan fingerprint density at radius 2 is 1.73 bits per heavy atom. The number of rotatable bonds is 13. The maximum absolute atomic E-state index is 13.6. The van der Waals surface area contributed by atoms with E-state index >= 15 is 0 Å². The van der Waals surface area contributed by atoms with Gasteiger partial charge >= 0.3 is 6.03 Å². The monoisotopic (exact) mass is 527 g/mol. The van der Waals surface area contributed by atoms with E-state index in [9.17, 15) is 14.0 Å². The molecule has 7 nitrogen and oxygen atoms in total. The maximum atomic E-state index is 13.6. The highest BCUT2D eigenvalue weighted by atomic mass is 32.1. The van der Waals surface area contributed by atoms with Gasteiger partial charge in [-0.05, 0) is 79.2 Å². The van der Waals surface area contributed by atoms with Crippen molar-refractivity contribution in [1.82, 2.24) is 9.80 Å². The molecule has 0 atom stereocenters. The van der Waals surface area contributed by atoms with Gasteiger partial charge in [0.2, 0.25) is 5.91 Å². The summed E-state index contributed by atoms with van der Waals surface area (Å²) >= 11 is 1.58. The number of carbonyl (C=O) groups is 2. The molecule has 0 bridgehead atoms. The van der Waals surface area contributed by atoms with Crippen LogP contribution in [0.2, 0.25) is 0 Å². The van der Waals surface area contributed by atoms with E-state index in [1.165, 1.54) is 17.0 Å². The minimum Gasteiger partial charge on any atom is -0.494 e. The lowest BCUT2D eigenvalue weighted by Crippen LogP contribution is -2.44. The Labute approximate surface area is 221 Å². The summed E-state index contributed by atoms with van der Waals surface area (Å²) in [7, 11) is 1.60. The van der Waals surface area contributed by atoms with E-state index in [4.69, 9.17) is 9.47 Å². The number of carbonyl (C=O) groups excluding carboxylic acids is 2. The summed E-state index contributed by atoms with van der Waals surface area (Å²) in [6, 6.07) is 14.9. The van der Waals surface area contributed by atoms with Crippen LogP contribution in [-0.2, 0) is 22.6 Å². The molecule has 3 amide bonds. The molecule has 0 fully saturated rings. The maximum Gasteiger partial charge on any atom is 0.322 e. The van der Waals surface area contributed by atoms with Gasteiger partial charge in [-0.25, -0.2) is 9.18 Å². The molecule has 0 saturated heterocycles. The van der Waals surface area contributed by atoms with Crippen molar-refractivity contribution in [2.75, 3.05) is 38.7 Å². The standard InChI is InChI=1S/C28H34FN3O4S/c1-4-36-25-12-10-24(11-13-25)30-28(34)31(15-5-16-35-3)20-27(33)32(19-26-21(2)14-17-37-26)18-22-6-8-23(29)9-7-22/h6-14,17H,4-5,15-16,18-20H2,1-3H3,(H,30,34). The number of anilines is 1. The zero-order valence-electron chi connectivity index (χ0n) is 21.5. The minimum atomic E-state index is -0.373. The second-order valence-electron chi connectivity index (χ2n) is 8.56. The molecule has 0 radical (unpaired) electrons. The van der Waals surface area contributed by atoms with Crippen LogP contribution in [0, 0.1) is 12.7 Å². The smallest absolute Gasteiger partial charge is 0.322 e. The molecule has 3 aromatic rings. The van der Waals surface area contributed by atoms with Gasteiger partial charge in [0.1, 0.15) is 18.1 Å². The molecule has 0 aliphatic heterocycles. The van der Waals surface area contributed by atoms with Gasteiger partial charge in [0.15, 0.2) is 0 Å². The van der Waals surface area contributed by atoms with Crippen LogP contribution in [0.5, 0.6) is 5.75 Å². The number of hydrogen-bond acceptors (Lipinski definition) is 5. The fourth-order valence-electron chi connectivity index (χ4n) is 3.70. The molecule has 0 aliphatic rings. The zero-order valence-corrected chi connectivity index (χ0v) is 22.4. The lowest BCUT2D eigenvalue weighted by molar-refractivity contribution is -0.133. The van der Waals surface area contributed by atoms with Crippen LogP contribution in [-0.4, -0.2) is 55.2 Å². The third kappa shape index (κ3) is 8.87. The third-order valence-corrected chi connectivity index (χ3v) is 6.76. The number of aryl methyl sites for hydroxylation is 1. The van der Waals surface area contributed by atoms with Gasteiger partial charge in [-0.15, -0.1) is 11.3 Å². The molecule has 0 saturated carbocycles. The molecule has 1 heterocycles. The molecule has 0 unspecified atom stereocenters. The first kappa shape index (κ1) is 28.1. The van der Waals surface area contributed by atoms with Gasteiger partial charge in [0, 0.05) is 37.4 Å². The number of ether oxygens (including phenoxy) is 2. The molecule has 9 heteroatoms. The first-order valence-electron chi connectivity index (χ1n) is 12.2. The van der Waals surface area contributed by atoms with E-state index in [0.29, 0.717) is 50.7 Å². The van der Waals surface area contributed by atoms with Crippen LogP contribution in [0.15, 0.2) is 60.0 Å². The fraction of sp³-hybridized carbons (Fsp3) is 0.357. The third-order valence-electron chi connectivity index (χ3n) is 5.75. The number of methoxy groups -OCH3 is 1. The molecular weight excluding hydrogens is 493 g/mol. The van der Waals surface area contributed by atoms with Crippen molar-refractivity contribution in [3.8, 4) is 5.75 Å². The molecule has 37 heavy (non-hydrogen) atoms. The van der Waals surface area contributed by atoms with Crippen LogP contribution in [0.4, 0.5) is 14.9 Å². The van der Waals surface area contributed by atoms with Crippen LogP contribution in [0.1, 0.15) is 29.3 Å². The van der Waals surface area contributed by atoms with Crippen molar-refractivity contribution in [2.24, 2.45) is 0 Å². The summed E-state index contributed by atoms with van der Waals surface area (Å²) in [5, 5.41) is 4.87. The van der Waals surface area contributed by atoms with Gasteiger partial charge in [0.25, 0.3) is 0 Å². The van der Waals surface area contributed by atoms with E-state index in [0.717, 1.165) is 16.0 Å². The van der Waals surface area contributed by atoms with Gasteiger partial charge in [-0.2, -0.15) is 0 Å². The molecule has 1 N–H and O–H groups in total. The average Bonchev–Trinajstić information content (AvgIpc) is 3.29. The average molecular weight is 528 g/mol. The summed E-state index contributed by atoms with van der Waals surface area (Å²) in [4.78, 5) is 31.0. The van der Waals surface area contributed by atoms with Gasteiger partial charge in [-0.1, -0.05) is 12.1 Å². The molecule has 0 spiro atoms. The van der Waals surface area contributed by atoms with Gasteiger partial charge in [-0.3, -0.25) is 4.79 Å². The number of hydrogen-bond donors (Lipinski definition) is 1. The molecule has 198 valence electrons. The second kappa shape index (κ2) is 14.3. The van der Waals surface area contributed by atoms with E-state index in [2.05, 4.69) is 5.32 Å². The number of halogens is 1. The number of nitrogens with zero attached hydrogens (tertiary/aromatic N) is 2. The van der Waals surface area contributed by atoms with Gasteiger partial charge < -0.3 is 24.6 Å². The van der Waals surface area contributed by atoms with Crippen LogP contribution in [0.25, 0.3) is 0 Å². The van der Waals surface area contributed by atoms with Crippen LogP contribution < -0.4 is 10.1 Å². The molecule has 0 aliphatic carbocycles. The first-order chi connectivity index (χ1) is 17.9. The topological polar surface area (TPSA) is 71.1 Å². The Morgan fingerprint density at radius 1 is 1.00 bits per heavy atom. The predicted molar refractivity (Wildman–Crippen MR) is 144 cm³/mol. The Hall–Kier alpha value is -3.43. The van der Waals surface area contributed by atoms with E-state index in [1.54, 1.807) is 59.7 Å². The summed E-state index contributed by atoms with van der Waals surface area (Å²) in [6.07, 6.45) is 0.586. The predicted octanol–water partition coefficient (Wildman–Crippen LogP) is 5.69. The number of nitrogens with one attached hydrogen (secondary N) is 1. The van der Waals surface area contributed by atoms with Gasteiger partial charge in [0.05, 0.1) is 13.2 Å². The largest absolute Gasteiger partial charge is 0.494 e. The minimum absolute atomic E-state index is 0.0990. The molecular formula is C28H34FN3O4S. The van der Waals surface area contributed by atoms with Crippen molar-refractivity contribution >= 4 is 29.0 Å². The first-order valence-corrected chi connectivity index (χ1v) is 13.1. The zero-order chi connectivity index (χ0) is 26.6. The summed E-state index contributed by atoms with van der Waals surface area (Å²) in [5.41, 5.74) is 2.52. The number of thiophene rings is 1. The van der Waals surface area contributed by atoms with E-state index in [1.807, 2.05) is 25.3 Å². The Kier molecular flexibility index (Phi) is 10.9. The normalized spacial score (nSPS) is 10.7. The van der Waals surface area contributed by atoms with Crippen molar-refractivity contribution < 1.29 is 23.5 Å². The van der Waals surface area contributed by atoms with Crippen LogP contribution >= 0.6 is 11.3 Å². The number of urea groups is 1. The quantitative estimate of drug-likeness (QED) is 0.290. The highest BCUT2D eigenvalue weighted by molar-refractivity contribution is 7.10. The summed E-state index contributed by atoms with van der Waals surface area (Å²) < 4.78 is 24.1. The fourth-order valence-corrected chi connectivity index (χ4v) is 4.62. The Balaban J connectivity index is 1.75. The van der Waals surface area contributed by atoms with Crippen molar-refractivity contribution in [3.63, 3.8) is 0 Å². The molecule has 1 aromatic heterocycles. The Morgan fingerprint density at radius 3 is 2.35 bits per heavy atom. The molecule has 3 rings (SSSR count). The van der Waals surface area contributed by atoms with E-state index < -0.39 is 0 Å². The summed E-state index contributed by atoms with van der Waals surface area (Å²) in [5.74, 6) is 0.190. The van der Waals surface area contributed by atoms with Crippen molar-refractivity contribution in [2.45, 2.75) is 33.4 Å². The summed E-state index contributed by atoms with van der Waals surface area (Å²) in [6.45, 7) is 5.91. The highest BCUT2D eigenvalue weighted by Crippen LogP contribution is 2.20. The Bertz CT molecular complexity index is 1140. The lowest BCUT2D eigenvalue weighted by atomic mass is 10.2. The van der Waals surface area contributed by atoms with E-state index in [-0.39, 0.29) is 24.3 Å². The van der Waals surface area contributed by atoms with Crippen LogP contribution in [0.3, 0.4) is 0 Å². The SMILES string of the molecule is CCOc1ccc(NC(=O)N(CCCOC)CC(=O)N(Cc2ccc(F)cc2)Cc2sccc2C)cc1. The number of benzene rings is 2. The van der Waals surface area contributed by atoms with Crippen molar-refractivity contribution in [3.05, 3.63) is 81.8 Å². The lowest BCUT2D eigenvalue weighted by Gasteiger charge is -2.28.